The van der Waals surface area contributed by atoms with E-state index in [9.17, 15) is 9.90 Å². The standard InChI is InChI=1S/C28H26ClN3O4S/c1-3-32-26(21-11-13-22(29)14-12-21)30-31-28(32)37-25(27(33)34)17-20-10-15-23(24(16-20)35-4-2)36-18-19-8-6-5-7-9-19/h5-17H,3-4,18H2,1-2H3,(H,33,34)/b25-17-. The molecule has 0 aliphatic heterocycles. The lowest BCUT2D eigenvalue weighted by Gasteiger charge is -2.13. The molecule has 0 aliphatic carbocycles. The third-order valence-electron chi connectivity index (χ3n) is 5.35. The van der Waals surface area contributed by atoms with E-state index in [1.165, 1.54) is 0 Å². The first kappa shape index (κ1) is 26.3. The monoisotopic (exact) mass is 535 g/mol. The number of ether oxygens (including phenoxy) is 2. The molecule has 9 heteroatoms. The summed E-state index contributed by atoms with van der Waals surface area (Å²) in [6.07, 6.45) is 1.59. The number of hydrogen-bond donors (Lipinski definition) is 1. The van der Waals surface area contributed by atoms with Crippen molar-refractivity contribution in [3.05, 3.63) is 93.9 Å². The average molecular weight is 536 g/mol. The van der Waals surface area contributed by atoms with Crippen LogP contribution < -0.4 is 9.47 Å². The van der Waals surface area contributed by atoms with Crippen LogP contribution in [0.25, 0.3) is 17.5 Å². The quantitative estimate of drug-likeness (QED) is 0.167. The Morgan fingerprint density at radius 1 is 1.00 bits per heavy atom. The van der Waals surface area contributed by atoms with E-state index < -0.39 is 5.97 Å². The highest BCUT2D eigenvalue weighted by Crippen LogP contribution is 2.34. The first-order valence-electron chi connectivity index (χ1n) is 11.7. The Kier molecular flexibility index (Phi) is 8.87. The zero-order chi connectivity index (χ0) is 26.2. The van der Waals surface area contributed by atoms with E-state index in [1.807, 2.05) is 60.9 Å². The minimum Gasteiger partial charge on any atom is -0.490 e. The summed E-state index contributed by atoms with van der Waals surface area (Å²) in [6.45, 7) is 5.26. The summed E-state index contributed by atoms with van der Waals surface area (Å²) < 4.78 is 13.6. The molecule has 190 valence electrons. The van der Waals surface area contributed by atoms with Crippen molar-refractivity contribution >= 4 is 35.4 Å². The van der Waals surface area contributed by atoms with Gasteiger partial charge in [0, 0.05) is 17.1 Å². The number of aromatic nitrogens is 3. The molecule has 0 saturated heterocycles. The van der Waals surface area contributed by atoms with Gasteiger partial charge in [-0.15, -0.1) is 10.2 Å². The first-order valence-corrected chi connectivity index (χ1v) is 12.9. The molecule has 0 bridgehead atoms. The first-order chi connectivity index (χ1) is 18.0. The Bertz CT molecular complexity index is 1390. The highest BCUT2D eigenvalue weighted by atomic mass is 35.5. The van der Waals surface area contributed by atoms with Gasteiger partial charge in [0.1, 0.15) is 11.5 Å². The summed E-state index contributed by atoms with van der Waals surface area (Å²) >= 11 is 7.05. The minimum atomic E-state index is -1.06. The average Bonchev–Trinajstić information content (AvgIpc) is 3.31. The summed E-state index contributed by atoms with van der Waals surface area (Å²) in [5.74, 6) is 0.713. The highest BCUT2D eigenvalue weighted by molar-refractivity contribution is 8.04. The number of carboxylic acids is 1. The van der Waals surface area contributed by atoms with Crippen LogP contribution in [-0.4, -0.2) is 32.4 Å². The summed E-state index contributed by atoms with van der Waals surface area (Å²) in [5.41, 5.74) is 2.55. The largest absolute Gasteiger partial charge is 0.490 e. The molecule has 0 fully saturated rings. The van der Waals surface area contributed by atoms with Crippen molar-refractivity contribution in [2.75, 3.05) is 6.61 Å². The number of hydrogen-bond acceptors (Lipinski definition) is 6. The van der Waals surface area contributed by atoms with Crippen LogP contribution in [0.3, 0.4) is 0 Å². The second kappa shape index (κ2) is 12.5. The summed E-state index contributed by atoms with van der Waals surface area (Å²) in [5, 5.41) is 19.6. The van der Waals surface area contributed by atoms with Gasteiger partial charge in [0.2, 0.25) is 0 Å². The van der Waals surface area contributed by atoms with E-state index in [2.05, 4.69) is 10.2 Å². The van der Waals surface area contributed by atoms with Crippen LogP contribution in [0.2, 0.25) is 5.02 Å². The predicted molar refractivity (Wildman–Crippen MR) is 146 cm³/mol. The lowest BCUT2D eigenvalue weighted by Crippen LogP contribution is -2.03. The number of carboxylic acid groups (broad SMARTS) is 1. The highest BCUT2D eigenvalue weighted by Gasteiger charge is 2.19. The Morgan fingerprint density at radius 3 is 2.43 bits per heavy atom. The van der Waals surface area contributed by atoms with Crippen molar-refractivity contribution < 1.29 is 19.4 Å². The fourth-order valence-corrected chi connectivity index (χ4v) is 4.60. The third-order valence-corrected chi connectivity index (χ3v) is 6.60. The zero-order valence-electron chi connectivity index (χ0n) is 20.4. The SMILES string of the molecule is CCOc1cc(/C=C(\Sc2nnc(-c3ccc(Cl)cc3)n2CC)C(=O)O)ccc1OCc1ccccc1. The number of rotatable bonds is 11. The van der Waals surface area contributed by atoms with Crippen LogP contribution in [-0.2, 0) is 17.9 Å². The Balaban J connectivity index is 1.59. The van der Waals surface area contributed by atoms with E-state index in [4.69, 9.17) is 21.1 Å². The molecule has 7 nitrogen and oxygen atoms in total. The molecule has 0 spiro atoms. The van der Waals surface area contributed by atoms with Gasteiger partial charge in [-0.1, -0.05) is 48.0 Å². The summed E-state index contributed by atoms with van der Waals surface area (Å²) in [4.78, 5) is 12.2. The Labute approximate surface area is 224 Å². The lowest BCUT2D eigenvalue weighted by molar-refractivity contribution is -0.131. The summed E-state index contributed by atoms with van der Waals surface area (Å²) in [6, 6.07) is 22.5. The molecule has 0 amide bonds. The number of benzene rings is 3. The van der Waals surface area contributed by atoms with Crippen LogP contribution in [0.15, 0.2) is 82.9 Å². The maximum absolute atomic E-state index is 12.1. The molecular weight excluding hydrogens is 510 g/mol. The molecule has 37 heavy (non-hydrogen) atoms. The van der Waals surface area contributed by atoms with Crippen LogP contribution in [0.1, 0.15) is 25.0 Å². The molecule has 0 atom stereocenters. The summed E-state index contributed by atoms with van der Waals surface area (Å²) in [7, 11) is 0. The fourth-order valence-electron chi connectivity index (χ4n) is 3.58. The third kappa shape index (κ3) is 6.72. The van der Waals surface area contributed by atoms with Gasteiger partial charge in [0.25, 0.3) is 0 Å². The zero-order valence-corrected chi connectivity index (χ0v) is 22.0. The number of thioether (sulfide) groups is 1. The van der Waals surface area contributed by atoms with Crippen molar-refractivity contribution in [2.45, 2.75) is 32.2 Å². The van der Waals surface area contributed by atoms with Crippen molar-refractivity contribution in [1.29, 1.82) is 0 Å². The molecule has 0 radical (unpaired) electrons. The van der Waals surface area contributed by atoms with Crippen molar-refractivity contribution in [1.82, 2.24) is 14.8 Å². The molecule has 4 aromatic rings. The van der Waals surface area contributed by atoms with E-state index in [-0.39, 0.29) is 4.91 Å². The molecule has 1 N–H and O–H groups in total. The normalized spacial score (nSPS) is 11.4. The van der Waals surface area contributed by atoms with E-state index >= 15 is 0 Å². The van der Waals surface area contributed by atoms with Crippen LogP contribution in [0.4, 0.5) is 0 Å². The van der Waals surface area contributed by atoms with Gasteiger partial charge in [0.05, 0.1) is 6.61 Å². The molecule has 0 aliphatic rings. The molecule has 4 rings (SSSR count). The Morgan fingerprint density at radius 2 is 1.76 bits per heavy atom. The van der Waals surface area contributed by atoms with Gasteiger partial charge in [-0.25, -0.2) is 4.79 Å². The van der Waals surface area contributed by atoms with Gasteiger partial charge in [-0.05, 0) is 79.2 Å². The van der Waals surface area contributed by atoms with Gasteiger partial charge in [-0.2, -0.15) is 0 Å². The van der Waals surface area contributed by atoms with Crippen molar-refractivity contribution in [3.8, 4) is 22.9 Å². The predicted octanol–water partition coefficient (Wildman–Crippen LogP) is 6.81. The van der Waals surface area contributed by atoms with E-state index in [0.717, 1.165) is 22.9 Å². The smallest absolute Gasteiger partial charge is 0.342 e. The maximum atomic E-state index is 12.1. The second-order valence-corrected chi connectivity index (χ2v) is 9.33. The molecule has 3 aromatic carbocycles. The van der Waals surface area contributed by atoms with Gasteiger partial charge in [0.15, 0.2) is 22.5 Å². The number of nitrogens with zero attached hydrogens (tertiary/aromatic N) is 3. The molecule has 0 unspecified atom stereocenters. The van der Waals surface area contributed by atoms with E-state index in [1.54, 1.807) is 36.4 Å². The fraction of sp³-hybridized carbons (Fsp3) is 0.179. The molecule has 0 saturated carbocycles. The van der Waals surface area contributed by atoms with Crippen LogP contribution in [0.5, 0.6) is 11.5 Å². The van der Waals surface area contributed by atoms with Crippen molar-refractivity contribution in [2.24, 2.45) is 0 Å². The van der Waals surface area contributed by atoms with Gasteiger partial charge < -0.3 is 19.1 Å². The van der Waals surface area contributed by atoms with E-state index in [0.29, 0.717) is 52.8 Å². The second-order valence-electron chi connectivity index (χ2n) is 7.89. The topological polar surface area (TPSA) is 86.5 Å². The van der Waals surface area contributed by atoms with Crippen LogP contribution in [0, 0.1) is 0 Å². The number of halogens is 1. The van der Waals surface area contributed by atoms with Gasteiger partial charge >= 0.3 is 5.97 Å². The Hall–Kier alpha value is -3.75. The van der Waals surface area contributed by atoms with Gasteiger partial charge in [-0.3, -0.25) is 0 Å². The lowest BCUT2D eigenvalue weighted by atomic mass is 10.2. The number of carbonyl (C=O) groups is 1. The minimum absolute atomic E-state index is 0.102. The number of aliphatic carboxylic acids is 1. The molecule has 1 aromatic heterocycles. The molecule has 1 heterocycles. The van der Waals surface area contributed by atoms with Crippen molar-refractivity contribution in [3.63, 3.8) is 0 Å². The maximum Gasteiger partial charge on any atom is 0.342 e. The molecular formula is C28H26ClN3O4S. The van der Waals surface area contributed by atoms with Crippen LogP contribution >= 0.6 is 23.4 Å².